The summed E-state index contributed by atoms with van der Waals surface area (Å²) in [7, 11) is 4.36. The molecule has 0 fully saturated rings. The van der Waals surface area contributed by atoms with Crippen LogP contribution in [-0.4, -0.2) is 61.7 Å². The van der Waals surface area contributed by atoms with Crippen LogP contribution < -0.4 is 35.7 Å². The van der Waals surface area contributed by atoms with Gasteiger partial charge >= 0.3 is 11.9 Å². The number of phenolic OH excluding ortho intramolecular Hbond substituents is 1. The van der Waals surface area contributed by atoms with Gasteiger partial charge in [0.25, 0.3) is 0 Å². The Morgan fingerprint density at radius 1 is 0.766 bits per heavy atom. The van der Waals surface area contributed by atoms with Crippen LogP contribution in [0.15, 0.2) is 27.3 Å². The van der Waals surface area contributed by atoms with Crippen molar-refractivity contribution >= 4 is 72.5 Å². The number of aliphatic carboxylic acids is 2. The van der Waals surface area contributed by atoms with E-state index in [0.717, 1.165) is 5.57 Å². The van der Waals surface area contributed by atoms with Crippen LogP contribution in [0.5, 0.6) is 23.0 Å². The molecule has 244 valence electrons. The van der Waals surface area contributed by atoms with Crippen molar-refractivity contribution in [2.75, 3.05) is 45.1 Å². The van der Waals surface area contributed by atoms with Crippen molar-refractivity contribution in [3.05, 3.63) is 49.3 Å². The van der Waals surface area contributed by atoms with Gasteiger partial charge in [-0.05, 0) is 31.6 Å². The lowest BCUT2D eigenvalue weighted by atomic mass is 9.83. The third-order valence-corrected chi connectivity index (χ3v) is 8.81. The lowest BCUT2D eigenvalue weighted by molar-refractivity contribution is -0.138. The number of aromatic hydroxyl groups is 1. The number of methoxy groups -OCH3 is 3. The van der Waals surface area contributed by atoms with E-state index < -0.39 is 17.4 Å². The zero-order chi connectivity index (χ0) is 33.7. The second-order valence-corrected chi connectivity index (χ2v) is 11.7. The summed E-state index contributed by atoms with van der Waals surface area (Å²) in [6.07, 6.45) is 2.62. The monoisotopic (exact) mass is 642 g/mol. The van der Waals surface area contributed by atoms with E-state index >= 15 is 0 Å². The summed E-state index contributed by atoms with van der Waals surface area (Å²) in [6, 6.07) is 2.97. The van der Waals surface area contributed by atoms with Gasteiger partial charge < -0.3 is 40.2 Å². The number of benzene rings is 5. The minimum atomic E-state index is -0.955. The lowest BCUT2D eigenvalue weighted by Gasteiger charge is -2.24. The van der Waals surface area contributed by atoms with E-state index in [1.807, 2.05) is 13.0 Å². The van der Waals surface area contributed by atoms with Gasteiger partial charge in [0.1, 0.15) is 11.5 Å². The van der Waals surface area contributed by atoms with Gasteiger partial charge in [-0.3, -0.25) is 19.2 Å². The van der Waals surface area contributed by atoms with E-state index in [2.05, 4.69) is 10.6 Å². The Bertz CT molecular complexity index is 2260. The van der Waals surface area contributed by atoms with Gasteiger partial charge in [0.2, 0.25) is 5.43 Å². The van der Waals surface area contributed by atoms with Crippen LogP contribution in [0.1, 0.15) is 43.7 Å². The van der Waals surface area contributed by atoms with E-state index in [4.69, 9.17) is 14.2 Å². The van der Waals surface area contributed by atoms with Gasteiger partial charge in [0.05, 0.1) is 37.8 Å². The number of carboxylic acids is 2. The van der Waals surface area contributed by atoms with Crippen LogP contribution in [0, 0.1) is 0 Å². The van der Waals surface area contributed by atoms with E-state index in [1.54, 1.807) is 6.07 Å². The van der Waals surface area contributed by atoms with E-state index in [1.165, 1.54) is 27.4 Å². The second-order valence-electron chi connectivity index (χ2n) is 11.7. The topological polar surface area (TPSA) is 181 Å². The molecule has 0 unspecified atom stereocenters. The summed E-state index contributed by atoms with van der Waals surface area (Å²) in [5, 5.41) is 40.0. The van der Waals surface area contributed by atoms with Gasteiger partial charge in [-0.15, -0.1) is 0 Å². The first kappa shape index (κ1) is 31.5. The average Bonchev–Trinajstić information content (AvgIpc) is 3.18. The molecule has 6 rings (SSSR count). The number of carboxylic acid groups (broad SMARTS) is 2. The number of hydrogen-bond acceptors (Lipinski definition) is 10. The lowest BCUT2D eigenvalue weighted by Crippen LogP contribution is -2.18. The Morgan fingerprint density at radius 3 is 1.96 bits per heavy atom. The highest BCUT2D eigenvalue weighted by Crippen LogP contribution is 2.55. The Morgan fingerprint density at radius 2 is 1.36 bits per heavy atom. The Balaban J connectivity index is 1.88. The molecule has 5 aromatic rings. The zero-order valence-electron chi connectivity index (χ0n) is 26.4. The van der Waals surface area contributed by atoms with E-state index in [-0.39, 0.29) is 66.1 Å². The maximum absolute atomic E-state index is 14.7. The van der Waals surface area contributed by atoms with Crippen molar-refractivity contribution in [3.8, 4) is 23.0 Å². The van der Waals surface area contributed by atoms with Crippen LogP contribution in [0.2, 0.25) is 0 Å². The summed E-state index contributed by atoms with van der Waals surface area (Å²) in [6.45, 7) is 2.35. The molecule has 0 aliphatic heterocycles. The molecule has 12 heteroatoms. The predicted octanol–water partition coefficient (Wildman–Crippen LogP) is 5.14. The quantitative estimate of drug-likeness (QED) is 0.0649. The number of phenols is 1. The highest BCUT2D eigenvalue weighted by atomic mass is 16.5. The largest absolute Gasteiger partial charge is 0.504 e. The molecule has 5 aromatic carbocycles. The zero-order valence-corrected chi connectivity index (χ0v) is 26.4. The number of anilines is 2. The first-order valence-corrected chi connectivity index (χ1v) is 15.2. The maximum Gasteiger partial charge on any atom is 0.303 e. The molecule has 0 amide bonds. The third kappa shape index (κ3) is 4.91. The Hall–Kier alpha value is -5.52. The van der Waals surface area contributed by atoms with Crippen LogP contribution in [0.4, 0.5) is 11.4 Å². The van der Waals surface area contributed by atoms with Crippen LogP contribution >= 0.6 is 0 Å². The molecule has 1 aliphatic rings. The highest BCUT2D eigenvalue weighted by molar-refractivity contribution is 6.40. The number of nitrogens with one attached hydrogen (secondary N) is 2. The molecule has 5 N–H and O–H groups in total. The SMILES string of the molecule is COc1c(O)c2c(=O)cc(OC)c3c4c(OC)cc(NCCCC(=O)O)c5c(=O)c(NCCCC(=O)O)c6c(c(c1CC(C)=C6)c23)c54. The molecule has 0 spiro atoms. The molecule has 0 saturated heterocycles. The first-order chi connectivity index (χ1) is 22.5. The van der Waals surface area contributed by atoms with E-state index in [0.29, 0.717) is 73.1 Å². The maximum atomic E-state index is 14.7. The number of rotatable bonds is 13. The van der Waals surface area contributed by atoms with Crippen LogP contribution in [0.25, 0.3) is 49.2 Å². The summed E-state index contributed by atoms with van der Waals surface area (Å²) in [4.78, 5) is 50.8. The summed E-state index contributed by atoms with van der Waals surface area (Å²) >= 11 is 0. The van der Waals surface area contributed by atoms with Crippen molar-refractivity contribution in [2.24, 2.45) is 0 Å². The third-order valence-electron chi connectivity index (χ3n) is 8.81. The van der Waals surface area contributed by atoms with E-state index in [9.17, 15) is 34.5 Å². The van der Waals surface area contributed by atoms with Gasteiger partial charge in [-0.2, -0.15) is 0 Å². The second kappa shape index (κ2) is 12.0. The number of carbonyl (C=O) groups is 2. The molecular weight excluding hydrogens is 608 g/mol. The fourth-order valence-corrected chi connectivity index (χ4v) is 6.99. The van der Waals surface area contributed by atoms with Crippen molar-refractivity contribution in [2.45, 2.75) is 39.0 Å². The van der Waals surface area contributed by atoms with Gasteiger partial charge in [0.15, 0.2) is 16.9 Å². The first-order valence-electron chi connectivity index (χ1n) is 15.2. The molecule has 0 atom stereocenters. The highest BCUT2D eigenvalue weighted by Gasteiger charge is 2.33. The minimum Gasteiger partial charge on any atom is -0.504 e. The Kier molecular flexibility index (Phi) is 8.04. The van der Waals surface area contributed by atoms with Crippen molar-refractivity contribution in [1.29, 1.82) is 0 Å². The number of allylic oxidation sites excluding steroid dienone is 1. The average molecular weight is 643 g/mol. The molecule has 0 aromatic heterocycles. The van der Waals surface area contributed by atoms with Crippen LogP contribution in [0.3, 0.4) is 0 Å². The molecule has 0 saturated carbocycles. The van der Waals surface area contributed by atoms with Gasteiger partial charge in [-0.1, -0.05) is 11.6 Å². The molecule has 12 nitrogen and oxygen atoms in total. The fraction of sp³-hybridized carbons (Fsp3) is 0.314. The molecule has 0 heterocycles. The number of fused-ring (bicyclic) bond motifs is 1. The number of hydrogen-bond donors (Lipinski definition) is 5. The van der Waals surface area contributed by atoms with Gasteiger partial charge in [0, 0.05) is 81.8 Å². The van der Waals surface area contributed by atoms with Crippen molar-refractivity contribution < 1.29 is 39.1 Å². The predicted molar refractivity (Wildman–Crippen MR) is 181 cm³/mol. The Labute approximate surface area is 267 Å². The molecule has 0 radical (unpaired) electrons. The van der Waals surface area contributed by atoms with Crippen molar-refractivity contribution in [3.63, 3.8) is 0 Å². The minimum absolute atomic E-state index is 0.0424. The molecule has 0 bridgehead atoms. The molecule has 1 aliphatic carbocycles. The smallest absolute Gasteiger partial charge is 0.303 e. The van der Waals surface area contributed by atoms with Crippen molar-refractivity contribution in [1.82, 2.24) is 0 Å². The molecule has 47 heavy (non-hydrogen) atoms. The fourth-order valence-electron chi connectivity index (χ4n) is 6.99. The number of ether oxygens (including phenoxy) is 3. The van der Waals surface area contributed by atoms with Crippen LogP contribution in [-0.2, 0) is 16.0 Å². The summed E-state index contributed by atoms with van der Waals surface area (Å²) in [5.74, 6) is -1.44. The molecular formula is C35H34N2O10. The summed E-state index contributed by atoms with van der Waals surface area (Å²) < 4.78 is 17.5. The standard InChI is InChI=1S/C35H34N2O10/c1-15-11-16-24-25-17(12-15)35(47-4)34(44)27-19(38)14-21(46-3)29(31(25)27)28-20(45-2)13-18(36-9-5-7-22(39)40)26(30(24)28)33(43)32(16)37-10-6-8-23(41)42/h11,13-14,36-37,44H,5-10,12H2,1-4H3,(H,39,40)(H,41,42). The van der Waals surface area contributed by atoms with Gasteiger partial charge in [-0.25, -0.2) is 0 Å². The summed E-state index contributed by atoms with van der Waals surface area (Å²) in [5.41, 5.74) is 1.87. The normalized spacial score (nSPS) is 12.6.